The fourth-order valence-corrected chi connectivity index (χ4v) is 3.96. The van der Waals surface area contributed by atoms with Crippen LogP contribution in [0.15, 0.2) is 70.7 Å². The van der Waals surface area contributed by atoms with Crippen LogP contribution in [0.5, 0.6) is 0 Å². The number of benzene rings is 1. The third-order valence-corrected chi connectivity index (χ3v) is 5.47. The molecule has 3 heterocycles. The number of aryl methyl sites for hydroxylation is 1. The molecule has 1 aliphatic heterocycles. The standard InChI is InChI=1S/C23H22F2N4O/c1-3-12-29-14-16(4-11-21(29)30)22-27-15(2)23(28-22,17-5-8-19(24)9-6-17)18-7-10-20(25)26-13-18/h4-11,13-15H,3,12H2,1-2H3,(H,27,28)/t15-,23-/m0/s1. The molecular formula is C23H22F2N4O. The normalized spacial score (nSPS) is 20.7. The summed E-state index contributed by atoms with van der Waals surface area (Å²) in [5.41, 5.74) is 1.35. The molecule has 0 radical (unpaired) electrons. The second-order valence-electron chi connectivity index (χ2n) is 7.41. The largest absolute Gasteiger partial charge is 0.354 e. The molecule has 1 N–H and O–H groups in total. The van der Waals surface area contributed by atoms with Crippen molar-refractivity contribution in [3.63, 3.8) is 0 Å². The second kappa shape index (κ2) is 7.82. The summed E-state index contributed by atoms with van der Waals surface area (Å²) in [6.07, 6.45) is 4.09. The lowest BCUT2D eigenvalue weighted by Gasteiger charge is -2.34. The molecule has 30 heavy (non-hydrogen) atoms. The third kappa shape index (κ3) is 3.40. The summed E-state index contributed by atoms with van der Waals surface area (Å²) in [7, 11) is 0. The van der Waals surface area contributed by atoms with E-state index >= 15 is 0 Å². The SMILES string of the molecule is CCCn1cc(C2=N[C@@H](C)[C@](c3ccc(F)cc3)(c3ccc(F)nc3)N2)ccc1=O. The van der Waals surface area contributed by atoms with Crippen molar-refractivity contribution in [3.05, 3.63) is 99.7 Å². The molecule has 0 saturated heterocycles. The van der Waals surface area contributed by atoms with Crippen molar-refractivity contribution in [2.45, 2.75) is 38.4 Å². The highest BCUT2D eigenvalue weighted by Gasteiger charge is 2.45. The van der Waals surface area contributed by atoms with E-state index in [9.17, 15) is 13.6 Å². The predicted octanol–water partition coefficient (Wildman–Crippen LogP) is 3.61. The van der Waals surface area contributed by atoms with E-state index in [1.807, 2.05) is 13.8 Å². The number of aliphatic imine (C=N–C) groups is 1. The van der Waals surface area contributed by atoms with Gasteiger partial charge in [0.15, 0.2) is 0 Å². The van der Waals surface area contributed by atoms with Crippen molar-refractivity contribution in [1.82, 2.24) is 14.9 Å². The Labute approximate surface area is 173 Å². The smallest absolute Gasteiger partial charge is 0.250 e. The Bertz CT molecular complexity index is 1090. The average Bonchev–Trinajstić information content (AvgIpc) is 3.09. The molecule has 154 valence electrons. The van der Waals surface area contributed by atoms with Crippen molar-refractivity contribution < 1.29 is 8.78 Å². The monoisotopic (exact) mass is 408 g/mol. The number of hydrogen-bond acceptors (Lipinski definition) is 4. The lowest BCUT2D eigenvalue weighted by atomic mass is 9.79. The van der Waals surface area contributed by atoms with E-state index in [4.69, 9.17) is 4.99 Å². The summed E-state index contributed by atoms with van der Waals surface area (Å²) in [5.74, 6) is -0.308. The zero-order valence-electron chi connectivity index (χ0n) is 16.8. The van der Waals surface area contributed by atoms with Gasteiger partial charge in [0.2, 0.25) is 5.95 Å². The molecular weight excluding hydrogens is 386 g/mol. The van der Waals surface area contributed by atoms with Gasteiger partial charge in [-0.25, -0.2) is 9.37 Å². The molecule has 5 nitrogen and oxygen atoms in total. The van der Waals surface area contributed by atoms with Crippen LogP contribution in [0.2, 0.25) is 0 Å². The number of hydrogen-bond donors (Lipinski definition) is 1. The molecule has 1 aromatic carbocycles. The van der Waals surface area contributed by atoms with E-state index in [1.54, 1.807) is 35.0 Å². The van der Waals surface area contributed by atoms with Crippen molar-refractivity contribution >= 4 is 5.84 Å². The first-order valence-corrected chi connectivity index (χ1v) is 9.89. The van der Waals surface area contributed by atoms with Gasteiger partial charge in [0.1, 0.15) is 17.2 Å². The van der Waals surface area contributed by atoms with Crippen LogP contribution < -0.4 is 10.9 Å². The van der Waals surface area contributed by atoms with Gasteiger partial charge in [-0.2, -0.15) is 4.39 Å². The molecule has 0 saturated carbocycles. The van der Waals surface area contributed by atoms with Crippen LogP contribution in [0.4, 0.5) is 8.78 Å². The van der Waals surface area contributed by atoms with Crippen LogP contribution in [0, 0.1) is 11.8 Å². The molecule has 3 aromatic rings. The van der Waals surface area contributed by atoms with Gasteiger partial charge in [0, 0.05) is 36.1 Å². The van der Waals surface area contributed by atoms with Gasteiger partial charge in [-0.3, -0.25) is 9.79 Å². The summed E-state index contributed by atoms with van der Waals surface area (Å²) < 4.78 is 28.8. The van der Waals surface area contributed by atoms with E-state index in [-0.39, 0.29) is 17.4 Å². The van der Waals surface area contributed by atoms with Gasteiger partial charge in [0.25, 0.3) is 5.56 Å². The number of nitrogens with zero attached hydrogens (tertiary/aromatic N) is 3. The molecule has 2 atom stereocenters. The maximum Gasteiger partial charge on any atom is 0.250 e. The highest BCUT2D eigenvalue weighted by atomic mass is 19.1. The Hall–Kier alpha value is -3.35. The third-order valence-electron chi connectivity index (χ3n) is 5.47. The number of pyridine rings is 2. The molecule has 2 aromatic heterocycles. The first-order chi connectivity index (χ1) is 14.4. The first kappa shape index (κ1) is 19.9. The fourth-order valence-electron chi connectivity index (χ4n) is 3.96. The van der Waals surface area contributed by atoms with E-state index < -0.39 is 11.5 Å². The van der Waals surface area contributed by atoms with E-state index in [2.05, 4.69) is 10.3 Å². The number of amidine groups is 1. The van der Waals surface area contributed by atoms with Gasteiger partial charge in [-0.1, -0.05) is 25.1 Å². The summed E-state index contributed by atoms with van der Waals surface area (Å²) in [4.78, 5) is 20.7. The molecule has 0 aliphatic carbocycles. The minimum atomic E-state index is -0.852. The van der Waals surface area contributed by atoms with E-state index in [0.29, 0.717) is 17.9 Å². The molecule has 0 bridgehead atoms. The predicted molar refractivity (Wildman–Crippen MR) is 112 cm³/mol. The highest BCUT2D eigenvalue weighted by Crippen LogP contribution is 2.38. The Kier molecular flexibility index (Phi) is 5.20. The van der Waals surface area contributed by atoms with Crippen LogP contribution in [0.1, 0.15) is 37.0 Å². The topological polar surface area (TPSA) is 59.3 Å². The minimum Gasteiger partial charge on any atom is -0.354 e. The van der Waals surface area contributed by atoms with Crippen molar-refractivity contribution in [1.29, 1.82) is 0 Å². The molecule has 4 rings (SSSR count). The summed E-state index contributed by atoms with van der Waals surface area (Å²) in [5, 5.41) is 3.48. The van der Waals surface area contributed by atoms with Crippen LogP contribution in [0.3, 0.4) is 0 Å². The maximum atomic E-state index is 13.6. The van der Waals surface area contributed by atoms with Crippen LogP contribution >= 0.6 is 0 Å². The zero-order valence-corrected chi connectivity index (χ0v) is 16.8. The van der Waals surface area contributed by atoms with Crippen molar-refractivity contribution in [2.24, 2.45) is 4.99 Å². The fraction of sp³-hybridized carbons (Fsp3) is 0.261. The summed E-state index contributed by atoms with van der Waals surface area (Å²) in [6, 6.07) is 12.1. The van der Waals surface area contributed by atoms with Crippen molar-refractivity contribution in [3.8, 4) is 0 Å². The molecule has 0 spiro atoms. The maximum absolute atomic E-state index is 13.6. The number of aromatic nitrogens is 2. The Balaban J connectivity index is 1.81. The van der Waals surface area contributed by atoms with Crippen LogP contribution in [0.25, 0.3) is 0 Å². The van der Waals surface area contributed by atoms with Gasteiger partial charge in [-0.15, -0.1) is 0 Å². The molecule has 0 amide bonds. The van der Waals surface area contributed by atoms with E-state index in [0.717, 1.165) is 17.5 Å². The van der Waals surface area contributed by atoms with Crippen molar-refractivity contribution in [2.75, 3.05) is 0 Å². The first-order valence-electron chi connectivity index (χ1n) is 9.89. The second-order valence-corrected chi connectivity index (χ2v) is 7.41. The van der Waals surface area contributed by atoms with Gasteiger partial charge < -0.3 is 9.88 Å². The minimum absolute atomic E-state index is 0.0697. The van der Waals surface area contributed by atoms with Gasteiger partial charge in [0.05, 0.1) is 6.04 Å². The zero-order chi connectivity index (χ0) is 21.3. The van der Waals surface area contributed by atoms with Gasteiger partial charge >= 0.3 is 0 Å². The molecule has 0 unspecified atom stereocenters. The Morgan fingerprint density at radius 3 is 2.47 bits per heavy atom. The Morgan fingerprint density at radius 2 is 1.80 bits per heavy atom. The lowest BCUT2D eigenvalue weighted by molar-refractivity contribution is 0.430. The summed E-state index contributed by atoms with van der Waals surface area (Å²) >= 11 is 0. The molecule has 7 heteroatoms. The number of halogens is 2. The summed E-state index contributed by atoms with van der Waals surface area (Å²) in [6.45, 7) is 4.56. The van der Waals surface area contributed by atoms with Crippen LogP contribution in [-0.2, 0) is 12.1 Å². The molecule has 1 aliphatic rings. The van der Waals surface area contributed by atoms with Crippen LogP contribution in [-0.4, -0.2) is 21.4 Å². The van der Waals surface area contributed by atoms with E-state index in [1.165, 1.54) is 30.5 Å². The number of rotatable bonds is 5. The lowest BCUT2D eigenvalue weighted by Crippen LogP contribution is -2.48. The quantitative estimate of drug-likeness (QED) is 0.656. The Morgan fingerprint density at radius 1 is 1.07 bits per heavy atom. The molecule has 0 fully saturated rings. The average molecular weight is 408 g/mol. The van der Waals surface area contributed by atoms with Gasteiger partial charge in [-0.05, 0) is 43.2 Å². The number of nitrogens with one attached hydrogen (secondary N) is 1. The highest BCUT2D eigenvalue weighted by molar-refractivity contribution is 6.01.